The zero-order valence-electron chi connectivity index (χ0n) is 9.54. The highest BCUT2D eigenvalue weighted by Gasteiger charge is 2.17. The second-order valence-corrected chi connectivity index (χ2v) is 4.76. The Morgan fingerprint density at radius 2 is 2.24 bits per heavy atom. The number of hydrogen-bond acceptors (Lipinski definition) is 5. The third kappa shape index (κ3) is 3.83. The number of rotatable bonds is 4. The Hall–Kier alpha value is -1.40. The third-order valence-corrected chi connectivity index (χ3v) is 3.07. The summed E-state index contributed by atoms with van der Waals surface area (Å²) in [6.07, 6.45) is -0.905. The van der Waals surface area contributed by atoms with Gasteiger partial charge in [-0.1, -0.05) is 17.8 Å². The Labute approximate surface area is 103 Å². The summed E-state index contributed by atoms with van der Waals surface area (Å²) < 4.78 is 0. The van der Waals surface area contributed by atoms with Gasteiger partial charge in [-0.15, -0.1) is 0 Å². The highest BCUT2D eigenvalue weighted by molar-refractivity contribution is 8.12. The number of hydrogen-bond donors (Lipinski definition) is 1. The monoisotopic (exact) mass is 255 g/mol. The molecule has 17 heavy (non-hydrogen) atoms. The van der Waals surface area contributed by atoms with Gasteiger partial charge in [0.15, 0.2) is 5.12 Å². The van der Waals surface area contributed by atoms with Crippen LogP contribution in [0, 0.1) is 10.1 Å². The number of carbonyl (C=O) groups is 1. The topological polar surface area (TPSA) is 80.4 Å². The first-order chi connectivity index (χ1) is 7.91. The fourth-order valence-electron chi connectivity index (χ4n) is 1.38. The van der Waals surface area contributed by atoms with Crippen LogP contribution >= 0.6 is 11.8 Å². The summed E-state index contributed by atoms with van der Waals surface area (Å²) in [5.41, 5.74) is 0.958. The van der Waals surface area contributed by atoms with Crippen molar-refractivity contribution in [3.05, 3.63) is 39.4 Å². The summed E-state index contributed by atoms with van der Waals surface area (Å²) in [6.45, 7) is 2.94. The van der Waals surface area contributed by atoms with Gasteiger partial charge >= 0.3 is 0 Å². The molecule has 0 radical (unpaired) electrons. The zero-order chi connectivity index (χ0) is 13.0. The molecule has 0 aliphatic rings. The van der Waals surface area contributed by atoms with Crippen LogP contribution in [0.25, 0.3) is 0 Å². The van der Waals surface area contributed by atoms with Gasteiger partial charge in [0.25, 0.3) is 5.69 Å². The van der Waals surface area contributed by atoms with Gasteiger partial charge in [-0.2, -0.15) is 0 Å². The van der Waals surface area contributed by atoms with Crippen LogP contribution in [0.1, 0.15) is 31.1 Å². The van der Waals surface area contributed by atoms with Crippen LogP contribution in [-0.2, 0) is 10.5 Å². The second-order valence-electron chi connectivity index (χ2n) is 3.61. The van der Waals surface area contributed by atoms with Crippen LogP contribution in [0.15, 0.2) is 18.2 Å². The zero-order valence-corrected chi connectivity index (χ0v) is 10.4. The molecule has 0 aliphatic carbocycles. The van der Waals surface area contributed by atoms with Crippen molar-refractivity contribution in [1.82, 2.24) is 0 Å². The molecule has 1 rings (SSSR count). The molecule has 1 aromatic carbocycles. The average molecular weight is 255 g/mol. The molecule has 5 nitrogen and oxygen atoms in total. The van der Waals surface area contributed by atoms with Crippen molar-refractivity contribution in [1.29, 1.82) is 0 Å². The van der Waals surface area contributed by atoms with E-state index in [0.29, 0.717) is 5.75 Å². The molecule has 1 aromatic rings. The number of benzene rings is 1. The largest absolute Gasteiger partial charge is 0.388 e. The fraction of sp³-hybridized carbons (Fsp3) is 0.364. The molecule has 0 spiro atoms. The Morgan fingerprint density at radius 3 is 2.71 bits per heavy atom. The molecule has 0 heterocycles. The predicted molar refractivity (Wildman–Crippen MR) is 65.7 cm³/mol. The van der Waals surface area contributed by atoms with Crippen molar-refractivity contribution >= 4 is 22.6 Å². The van der Waals surface area contributed by atoms with E-state index in [1.54, 1.807) is 12.1 Å². The maximum atomic E-state index is 10.8. The van der Waals surface area contributed by atoms with Gasteiger partial charge in [-0.25, -0.2) is 0 Å². The highest BCUT2D eigenvalue weighted by atomic mass is 32.2. The van der Waals surface area contributed by atoms with E-state index in [0.717, 1.165) is 17.3 Å². The normalized spacial score (nSPS) is 12.2. The number of nitrogens with zero attached hydrogens (tertiary/aromatic N) is 1. The summed E-state index contributed by atoms with van der Waals surface area (Å²) in [7, 11) is 0. The minimum Gasteiger partial charge on any atom is -0.388 e. The molecule has 0 amide bonds. The quantitative estimate of drug-likeness (QED) is 0.660. The van der Waals surface area contributed by atoms with E-state index < -0.39 is 11.0 Å². The lowest BCUT2D eigenvalue weighted by molar-refractivity contribution is -0.386. The van der Waals surface area contributed by atoms with Gasteiger partial charge < -0.3 is 5.11 Å². The van der Waals surface area contributed by atoms with Crippen molar-refractivity contribution in [2.24, 2.45) is 0 Å². The molecule has 0 bridgehead atoms. The molecule has 0 aromatic heterocycles. The standard InChI is InChI=1S/C11H13NO4S/c1-7(13)10-5-9(6-17-8(2)14)3-4-11(10)12(15)16/h3-5,7,13H,6H2,1-2H3. The van der Waals surface area contributed by atoms with Crippen molar-refractivity contribution in [2.75, 3.05) is 0 Å². The van der Waals surface area contributed by atoms with Crippen LogP contribution in [-0.4, -0.2) is 15.1 Å². The summed E-state index contributed by atoms with van der Waals surface area (Å²) in [5.74, 6) is 0.451. The van der Waals surface area contributed by atoms with Crippen LogP contribution in [0.3, 0.4) is 0 Å². The van der Waals surface area contributed by atoms with E-state index in [1.807, 2.05) is 0 Å². The second kappa shape index (κ2) is 5.79. The molecule has 6 heteroatoms. The van der Waals surface area contributed by atoms with Crippen molar-refractivity contribution in [3.8, 4) is 0 Å². The van der Waals surface area contributed by atoms with Gasteiger partial charge in [0.1, 0.15) is 0 Å². The summed E-state index contributed by atoms with van der Waals surface area (Å²) in [5, 5.41) is 20.2. The number of aliphatic hydroxyl groups excluding tert-OH is 1. The lowest BCUT2D eigenvalue weighted by atomic mass is 10.1. The minimum absolute atomic E-state index is 0.0121. The van der Waals surface area contributed by atoms with Crippen LogP contribution < -0.4 is 0 Å². The summed E-state index contributed by atoms with van der Waals surface area (Å²) in [6, 6.07) is 4.52. The maximum Gasteiger partial charge on any atom is 0.275 e. The first-order valence-corrected chi connectivity index (χ1v) is 5.99. The molecular weight excluding hydrogens is 242 g/mol. The molecule has 1 N–H and O–H groups in total. The van der Waals surface area contributed by atoms with Crippen molar-refractivity contribution < 1.29 is 14.8 Å². The number of aliphatic hydroxyl groups is 1. The third-order valence-electron chi connectivity index (χ3n) is 2.18. The lowest BCUT2D eigenvalue weighted by Gasteiger charge is -2.08. The number of nitro benzene ring substituents is 1. The molecule has 0 saturated heterocycles. The highest BCUT2D eigenvalue weighted by Crippen LogP contribution is 2.27. The average Bonchev–Trinajstić information content (AvgIpc) is 2.25. The fourth-order valence-corrected chi connectivity index (χ4v) is 1.93. The number of nitro groups is 1. The van der Waals surface area contributed by atoms with Gasteiger partial charge in [-0.3, -0.25) is 14.9 Å². The van der Waals surface area contributed by atoms with Crippen molar-refractivity contribution in [3.63, 3.8) is 0 Å². The van der Waals surface area contributed by atoms with Gasteiger partial charge in [-0.05, 0) is 18.6 Å². The maximum absolute atomic E-state index is 10.8. The molecule has 0 aliphatic heterocycles. The van der Waals surface area contributed by atoms with E-state index in [1.165, 1.54) is 19.9 Å². The molecule has 92 valence electrons. The van der Waals surface area contributed by atoms with E-state index >= 15 is 0 Å². The van der Waals surface area contributed by atoms with Gasteiger partial charge in [0, 0.05) is 18.7 Å². The van der Waals surface area contributed by atoms with Gasteiger partial charge in [0.2, 0.25) is 0 Å². The Morgan fingerprint density at radius 1 is 1.59 bits per heavy atom. The van der Waals surface area contributed by atoms with Gasteiger partial charge in [0.05, 0.1) is 16.6 Å². The smallest absolute Gasteiger partial charge is 0.275 e. The summed E-state index contributed by atoms with van der Waals surface area (Å²) in [4.78, 5) is 21.0. The van der Waals surface area contributed by atoms with Crippen molar-refractivity contribution in [2.45, 2.75) is 25.7 Å². The first kappa shape index (κ1) is 13.7. The molecule has 0 fully saturated rings. The Kier molecular flexibility index (Phi) is 4.65. The van der Waals surface area contributed by atoms with E-state index in [2.05, 4.69) is 0 Å². The molecule has 1 atom stereocenters. The molecule has 1 unspecified atom stereocenters. The Bertz CT molecular complexity index is 445. The van der Waals surface area contributed by atoms with E-state index in [-0.39, 0.29) is 16.4 Å². The number of carbonyl (C=O) groups excluding carboxylic acids is 1. The Balaban J connectivity index is 3.01. The first-order valence-electron chi connectivity index (χ1n) is 5.00. The lowest BCUT2D eigenvalue weighted by Crippen LogP contribution is -2.00. The van der Waals surface area contributed by atoms with E-state index in [9.17, 15) is 20.0 Å². The molecular formula is C11H13NO4S. The summed E-state index contributed by atoms with van der Waals surface area (Å²) >= 11 is 1.13. The molecule has 0 saturated carbocycles. The minimum atomic E-state index is -0.905. The van der Waals surface area contributed by atoms with E-state index in [4.69, 9.17) is 0 Å². The van der Waals surface area contributed by atoms with Crippen LogP contribution in [0.5, 0.6) is 0 Å². The van der Waals surface area contributed by atoms with Crippen LogP contribution in [0.2, 0.25) is 0 Å². The van der Waals surface area contributed by atoms with Crippen LogP contribution in [0.4, 0.5) is 5.69 Å². The number of thioether (sulfide) groups is 1. The SMILES string of the molecule is CC(=O)SCc1ccc([N+](=O)[O-])c(C(C)O)c1. The predicted octanol–water partition coefficient (Wildman–Crippen LogP) is 2.43.